The first kappa shape index (κ1) is 23.3. The summed E-state index contributed by atoms with van der Waals surface area (Å²) in [5.74, 6) is -0.344. The fourth-order valence-electron chi connectivity index (χ4n) is 2.72. The minimum Gasteiger partial charge on any atom is -0.493 e. The maximum Gasteiger partial charge on any atom is 0.331 e. The average Bonchev–Trinajstić information content (AvgIpc) is 3.16. The Morgan fingerprint density at radius 3 is 2.75 bits per heavy atom. The molecular weight excluding hydrogens is 440 g/mol. The Morgan fingerprint density at radius 2 is 2.03 bits per heavy atom. The summed E-state index contributed by atoms with van der Waals surface area (Å²) in [6, 6.07) is 5.08. The van der Waals surface area contributed by atoms with Crippen molar-refractivity contribution in [3.05, 3.63) is 34.7 Å². The van der Waals surface area contributed by atoms with Gasteiger partial charge in [0.05, 0.1) is 38.6 Å². The van der Waals surface area contributed by atoms with E-state index in [-0.39, 0.29) is 22.6 Å². The molecule has 0 aliphatic carbocycles. The first-order valence-electron chi connectivity index (χ1n) is 9.56. The fourth-order valence-corrected chi connectivity index (χ4v) is 3.46. The van der Waals surface area contributed by atoms with E-state index in [1.54, 1.807) is 23.1 Å². The van der Waals surface area contributed by atoms with Crippen molar-refractivity contribution in [1.29, 1.82) is 0 Å². The molecule has 0 bridgehead atoms. The van der Waals surface area contributed by atoms with E-state index in [0.29, 0.717) is 43.4 Å². The van der Waals surface area contributed by atoms with E-state index >= 15 is 0 Å². The van der Waals surface area contributed by atoms with Gasteiger partial charge in [0.25, 0.3) is 11.8 Å². The number of amides is 2. The molecule has 0 spiro atoms. The van der Waals surface area contributed by atoms with Crippen LogP contribution in [0.4, 0.5) is 0 Å². The Hall–Kier alpha value is -3.38. The van der Waals surface area contributed by atoms with E-state index in [1.165, 1.54) is 20.4 Å². The molecular formula is C20H22N4O7S. The number of carbonyl (C=O) groups is 3. The molecule has 2 fully saturated rings. The SMILES string of the molecule is COC(=O)/C=C1/S/C(=N\N=Cc2ccc(OCC(=O)N3CCOCC3)c(OC)c2)NC1=O. The third-order valence-electron chi connectivity index (χ3n) is 4.36. The zero-order valence-corrected chi connectivity index (χ0v) is 18.3. The minimum atomic E-state index is -0.631. The van der Waals surface area contributed by atoms with Gasteiger partial charge in [-0.2, -0.15) is 5.10 Å². The maximum absolute atomic E-state index is 12.2. The van der Waals surface area contributed by atoms with Gasteiger partial charge in [-0.1, -0.05) is 0 Å². The van der Waals surface area contributed by atoms with E-state index < -0.39 is 11.9 Å². The van der Waals surface area contributed by atoms with Crippen LogP contribution in [0, 0.1) is 0 Å². The number of ether oxygens (including phenoxy) is 4. The van der Waals surface area contributed by atoms with E-state index in [9.17, 15) is 14.4 Å². The average molecular weight is 462 g/mol. The Bertz CT molecular complexity index is 971. The number of amidine groups is 1. The second kappa shape index (κ2) is 11.3. The van der Waals surface area contributed by atoms with E-state index in [1.807, 2.05) is 0 Å². The first-order chi connectivity index (χ1) is 15.5. The number of benzene rings is 1. The number of nitrogens with one attached hydrogen (secondary N) is 1. The van der Waals surface area contributed by atoms with Crippen LogP contribution in [0.5, 0.6) is 11.5 Å². The van der Waals surface area contributed by atoms with Crippen LogP contribution in [-0.2, 0) is 23.9 Å². The molecule has 0 radical (unpaired) electrons. The summed E-state index contributed by atoms with van der Waals surface area (Å²) in [5, 5.41) is 10.6. The zero-order chi connectivity index (χ0) is 22.9. The van der Waals surface area contributed by atoms with Crippen LogP contribution in [0.2, 0.25) is 0 Å². The third kappa shape index (κ3) is 6.31. The van der Waals surface area contributed by atoms with Gasteiger partial charge in [-0.05, 0) is 35.5 Å². The molecule has 2 aliphatic heterocycles. The highest BCUT2D eigenvalue weighted by Crippen LogP contribution is 2.28. The molecule has 11 nitrogen and oxygen atoms in total. The number of esters is 1. The van der Waals surface area contributed by atoms with Gasteiger partial charge >= 0.3 is 5.97 Å². The van der Waals surface area contributed by atoms with Crippen molar-refractivity contribution in [2.45, 2.75) is 0 Å². The molecule has 170 valence electrons. The van der Waals surface area contributed by atoms with Crippen molar-refractivity contribution in [2.75, 3.05) is 47.1 Å². The molecule has 1 aromatic rings. The quantitative estimate of drug-likeness (QED) is 0.269. The predicted octanol–water partition coefficient (Wildman–Crippen LogP) is 0.543. The summed E-state index contributed by atoms with van der Waals surface area (Å²) >= 11 is 0.976. The van der Waals surface area contributed by atoms with Crippen molar-refractivity contribution in [2.24, 2.45) is 10.2 Å². The summed E-state index contributed by atoms with van der Waals surface area (Å²) in [6.45, 7) is 2.05. The molecule has 2 aliphatic rings. The molecule has 2 saturated heterocycles. The van der Waals surface area contributed by atoms with Gasteiger partial charge in [0.1, 0.15) is 0 Å². The first-order valence-corrected chi connectivity index (χ1v) is 10.4. The lowest BCUT2D eigenvalue weighted by atomic mass is 10.2. The highest BCUT2D eigenvalue weighted by atomic mass is 32.2. The lowest BCUT2D eigenvalue weighted by molar-refractivity contribution is -0.137. The standard InChI is InChI=1S/C20H22N4O7S/c1-28-15-9-13(3-4-14(15)31-12-17(25)24-5-7-30-8-6-24)11-21-23-20-22-19(27)16(32-20)10-18(26)29-2/h3-4,9-11H,5-8,12H2,1-2H3,(H,22,23,27)/b16-10+,21-11?. The van der Waals surface area contributed by atoms with Crippen LogP contribution in [0.15, 0.2) is 39.4 Å². The topological polar surface area (TPSA) is 128 Å². The summed E-state index contributed by atoms with van der Waals surface area (Å²) in [7, 11) is 2.72. The van der Waals surface area contributed by atoms with Crippen molar-refractivity contribution >= 4 is 40.9 Å². The smallest absolute Gasteiger partial charge is 0.331 e. The lowest BCUT2D eigenvalue weighted by Crippen LogP contribution is -2.43. The third-order valence-corrected chi connectivity index (χ3v) is 5.26. The van der Waals surface area contributed by atoms with Gasteiger partial charge in [-0.3, -0.25) is 14.9 Å². The van der Waals surface area contributed by atoms with Crippen LogP contribution in [-0.4, -0.2) is 81.2 Å². The number of thioether (sulfide) groups is 1. The van der Waals surface area contributed by atoms with Crippen LogP contribution < -0.4 is 14.8 Å². The van der Waals surface area contributed by atoms with E-state index in [4.69, 9.17) is 14.2 Å². The van der Waals surface area contributed by atoms with Crippen LogP contribution in [0.1, 0.15) is 5.56 Å². The van der Waals surface area contributed by atoms with Gasteiger partial charge in [-0.15, -0.1) is 5.10 Å². The Balaban J connectivity index is 1.59. The van der Waals surface area contributed by atoms with Crippen molar-refractivity contribution in [3.63, 3.8) is 0 Å². The van der Waals surface area contributed by atoms with Crippen molar-refractivity contribution in [1.82, 2.24) is 10.2 Å². The number of hydrogen-bond acceptors (Lipinski definition) is 10. The molecule has 1 aromatic carbocycles. The Kier molecular flexibility index (Phi) is 8.22. The van der Waals surface area contributed by atoms with E-state index in [2.05, 4.69) is 20.3 Å². The molecule has 2 amide bonds. The van der Waals surface area contributed by atoms with Gasteiger partial charge in [0.15, 0.2) is 23.3 Å². The summed E-state index contributed by atoms with van der Waals surface area (Å²) in [4.78, 5) is 37.2. The van der Waals surface area contributed by atoms with Gasteiger partial charge in [-0.25, -0.2) is 4.79 Å². The highest BCUT2D eigenvalue weighted by molar-refractivity contribution is 8.18. The zero-order valence-electron chi connectivity index (χ0n) is 17.5. The minimum absolute atomic E-state index is 0.101. The molecule has 0 saturated carbocycles. The fraction of sp³-hybridized carbons (Fsp3) is 0.350. The van der Waals surface area contributed by atoms with Crippen molar-refractivity contribution in [3.8, 4) is 11.5 Å². The molecule has 2 heterocycles. The number of nitrogens with zero attached hydrogens (tertiary/aromatic N) is 3. The molecule has 0 aromatic heterocycles. The Morgan fingerprint density at radius 1 is 1.25 bits per heavy atom. The summed E-state index contributed by atoms with van der Waals surface area (Å²) in [6.07, 6.45) is 2.55. The monoisotopic (exact) mass is 462 g/mol. The number of morpholine rings is 1. The van der Waals surface area contributed by atoms with Crippen LogP contribution in [0.3, 0.4) is 0 Å². The maximum atomic E-state index is 12.2. The Labute approximate surface area is 188 Å². The second-order valence-corrected chi connectivity index (χ2v) is 7.46. The normalized spacial score (nSPS) is 18.8. The number of rotatable bonds is 7. The van der Waals surface area contributed by atoms with Crippen LogP contribution >= 0.6 is 11.8 Å². The van der Waals surface area contributed by atoms with Crippen molar-refractivity contribution < 1.29 is 33.3 Å². The summed E-state index contributed by atoms with van der Waals surface area (Å²) in [5.41, 5.74) is 0.665. The van der Waals surface area contributed by atoms with Gasteiger partial charge in [0, 0.05) is 19.2 Å². The molecule has 32 heavy (non-hydrogen) atoms. The molecule has 0 atom stereocenters. The number of hydrogen-bond donors (Lipinski definition) is 1. The molecule has 3 rings (SSSR count). The second-order valence-electron chi connectivity index (χ2n) is 6.43. The highest BCUT2D eigenvalue weighted by Gasteiger charge is 2.25. The van der Waals surface area contributed by atoms with Crippen LogP contribution in [0.25, 0.3) is 0 Å². The van der Waals surface area contributed by atoms with Gasteiger partial charge in [0.2, 0.25) is 0 Å². The largest absolute Gasteiger partial charge is 0.493 e. The lowest BCUT2D eigenvalue weighted by Gasteiger charge is -2.26. The summed E-state index contributed by atoms with van der Waals surface area (Å²) < 4.78 is 20.7. The number of carbonyl (C=O) groups excluding carboxylic acids is 3. The van der Waals surface area contributed by atoms with Gasteiger partial charge < -0.3 is 23.8 Å². The number of methoxy groups -OCH3 is 2. The molecule has 12 heteroatoms. The van der Waals surface area contributed by atoms with E-state index in [0.717, 1.165) is 17.8 Å². The molecule has 1 N–H and O–H groups in total. The molecule has 0 unspecified atom stereocenters. The predicted molar refractivity (Wildman–Crippen MR) is 117 cm³/mol.